The van der Waals surface area contributed by atoms with Gasteiger partial charge in [-0.2, -0.15) is 0 Å². The van der Waals surface area contributed by atoms with Gasteiger partial charge in [0.25, 0.3) is 10.9 Å². The van der Waals surface area contributed by atoms with Crippen LogP contribution < -0.4 is 5.32 Å². The molecule has 1 N–H and O–H groups in total. The second-order valence-corrected chi connectivity index (χ2v) is 4.50. The molecule has 2 aromatic rings. The Morgan fingerprint density at radius 3 is 2.84 bits per heavy atom. The first-order valence-corrected chi connectivity index (χ1v) is 6.28. The normalized spacial score (nSPS) is 10.4. The van der Waals surface area contributed by atoms with E-state index in [9.17, 15) is 10.1 Å². The van der Waals surface area contributed by atoms with Crippen LogP contribution in [-0.4, -0.2) is 26.6 Å². The second kappa shape index (κ2) is 5.65. The highest BCUT2D eigenvalue weighted by Crippen LogP contribution is 2.29. The van der Waals surface area contributed by atoms with Gasteiger partial charge in [-0.1, -0.05) is 0 Å². The Morgan fingerprint density at radius 2 is 2.26 bits per heavy atom. The average molecular weight is 281 g/mol. The van der Waals surface area contributed by atoms with E-state index in [4.69, 9.17) is 4.42 Å². The summed E-state index contributed by atoms with van der Waals surface area (Å²) >= 11 is 1.08. The molecule has 100 valence electrons. The smallest absolute Gasteiger partial charge is 0.282 e. The topological polar surface area (TPSA) is 107 Å². The number of nitrogens with one attached hydrogen (secondary N) is 1. The molecule has 0 fully saturated rings. The van der Waals surface area contributed by atoms with Crippen LogP contribution in [0.1, 0.15) is 12.8 Å². The van der Waals surface area contributed by atoms with E-state index in [2.05, 4.69) is 20.5 Å². The van der Waals surface area contributed by atoms with Crippen molar-refractivity contribution in [3.05, 3.63) is 28.1 Å². The van der Waals surface area contributed by atoms with E-state index >= 15 is 0 Å². The number of aromatic nitrogens is 3. The van der Waals surface area contributed by atoms with Crippen LogP contribution in [0.25, 0.3) is 0 Å². The maximum absolute atomic E-state index is 10.9. The standard InChI is InChI=1S/C10H11N5O3S/c1-3-11-8-4-7(15(16)17)5-9(12-8)19-10-14-13-6(2)18-10/h4-5H,3H2,1-2H3,(H,11,12). The number of hydrogen-bond donors (Lipinski definition) is 1. The highest BCUT2D eigenvalue weighted by atomic mass is 32.2. The van der Waals surface area contributed by atoms with E-state index in [1.54, 1.807) is 6.92 Å². The number of nitrogens with zero attached hydrogens (tertiary/aromatic N) is 4. The maximum atomic E-state index is 10.9. The van der Waals surface area contributed by atoms with Gasteiger partial charge in [-0.05, 0) is 18.7 Å². The summed E-state index contributed by atoms with van der Waals surface area (Å²) < 4.78 is 5.20. The van der Waals surface area contributed by atoms with Crippen molar-refractivity contribution in [2.75, 3.05) is 11.9 Å². The lowest BCUT2D eigenvalue weighted by Crippen LogP contribution is -2.01. The molecule has 8 nitrogen and oxygen atoms in total. The molecule has 0 aliphatic rings. The SMILES string of the molecule is CCNc1cc([N+](=O)[O-])cc(Sc2nnc(C)o2)n1. The molecule has 0 aliphatic carbocycles. The van der Waals surface area contributed by atoms with Gasteiger partial charge in [0, 0.05) is 19.5 Å². The zero-order chi connectivity index (χ0) is 13.8. The summed E-state index contributed by atoms with van der Waals surface area (Å²) in [5.74, 6) is 0.871. The molecular formula is C10H11N5O3S. The Morgan fingerprint density at radius 1 is 1.47 bits per heavy atom. The van der Waals surface area contributed by atoms with Crippen molar-refractivity contribution in [1.29, 1.82) is 0 Å². The monoisotopic (exact) mass is 281 g/mol. The van der Waals surface area contributed by atoms with Gasteiger partial charge in [0.05, 0.1) is 11.0 Å². The molecule has 0 amide bonds. The van der Waals surface area contributed by atoms with E-state index in [-0.39, 0.29) is 5.69 Å². The van der Waals surface area contributed by atoms with Crippen molar-refractivity contribution in [1.82, 2.24) is 15.2 Å². The molecule has 0 saturated heterocycles. The number of rotatable bonds is 5. The van der Waals surface area contributed by atoms with Gasteiger partial charge in [0.15, 0.2) is 0 Å². The lowest BCUT2D eigenvalue weighted by atomic mass is 10.4. The molecule has 0 unspecified atom stereocenters. The van der Waals surface area contributed by atoms with E-state index in [0.29, 0.717) is 28.5 Å². The van der Waals surface area contributed by atoms with Crippen LogP contribution in [0.3, 0.4) is 0 Å². The maximum Gasteiger partial charge on any atom is 0.282 e. The molecule has 0 spiro atoms. The summed E-state index contributed by atoms with van der Waals surface area (Å²) in [6.45, 7) is 4.18. The molecular weight excluding hydrogens is 270 g/mol. The first-order chi connectivity index (χ1) is 9.08. The first-order valence-electron chi connectivity index (χ1n) is 5.47. The molecule has 2 aromatic heterocycles. The van der Waals surface area contributed by atoms with Crippen molar-refractivity contribution in [3.8, 4) is 0 Å². The van der Waals surface area contributed by atoms with Crippen LogP contribution in [0.4, 0.5) is 11.5 Å². The summed E-state index contributed by atoms with van der Waals surface area (Å²) in [7, 11) is 0. The molecule has 2 heterocycles. The number of anilines is 1. The molecule has 2 rings (SSSR count). The van der Waals surface area contributed by atoms with Crippen molar-refractivity contribution in [2.24, 2.45) is 0 Å². The summed E-state index contributed by atoms with van der Waals surface area (Å²) in [6, 6.07) is 2.75. The predicted octanol–water partition coefficient (Wildman–Crippen LogP) is 2.26. The van der Waals surface area contributed by atoms with Gasteiger partial charge in [-0.25, -0.2) is 4.98 Å². The summed E-state index contributed by atoms with van der Waals surface area (Å²) in [5.41, 5.74) is -0.0373. The molecule has 0 atom stereocenters. The van der Waals surface area contributed by atoms with Crippen molar-refractivity contribution < 1.29 is 9.34 Å². The van der Waals surface area contributed by atoms with E-state index < -0.39 is 4.92 Å². The minimum atomic E-state index is -0.467. The number of nitro groups is 1. The molecule has 9 heteroatoms. The van der Waals surface area contributed by atoms with Crippen LogP contribution in [0, 0.1) is 17.0 Å². The van der Waals surface area contributed by atoms with Crippen LogP contribution in [-0.2, 0) is 0 Å². The fourth-order valence-corrected chi connectivity index (χ4v) is 2.08. The fourth-order valence-electron chi connectivity index (χ4n) is 1.33. The van der Waals surface area contributed by atoms with Crippen LogP contribution >= 0.6 is 11.8 Å². The number of hydrogen-bond acceptors (Lipinski definition) is 8. The Balaban J connectivity index is 2.30. The molecule has 0 saturated carbocycles. The van der Waals surface area contributed by atoms with Gasteiger partial charge < -0.3 is 9.73 Å². The third kappa shape index (κ3) is 3.41. The highest BCUT2D eigenvalue weighted by Gasteiger charge is 2.14. The highest BCUT2D eigenvalue weighted by molar-refractivity contribution is 7.99. The van der Waals surface area contributed by atoms with Crippen molar-refractivity contribution in [3.63, 3.8) is 0 Å². The van der Waals surface area contributed by atoms with E-state index in [1.807, 2.05) is 6.92 Å². The largest absolute Gasteiger partial charge is 0.416 e. The van der Waals surface area contributed by atoms with Gasteiger partial charge in [0.1, 0.15) is 10.8 Å². The minimum absolute atomic E-state index is 0.0373. The van der Waals surface area contributed by atoms with Crippen LogP contribution in [0.5, 0.6) is 0 Å². The van der Waals surface area contributed by atoms with Gasteiger partial charge in [-0.15, -0.1) is 10.2 Å². The minimum Gasteiger partial charge on any atom is -0.416 e. The van der Waals surface area contributed by atoms with Crippen molar-refractivity contribution >= 4 is 23.3 Å². The van der Waals surface area contributed by atoms with Gasteiger partial charge in [-0.3, -0.25) is 10.1 Å². The molecule has 0 aromatic carbocycles. The first kappa shape index (κ1) is 13.3. The Hall–Kier alpha value is -2.16. The summed E-state index contributed by atoms with van der Waals surface area (Å²) in [5, 5.41) is 22.0. The second-order valence-electron chi connectivity index (χ2n) is 3.53. The zero-order valence-corrected chi connectivity index (χ0v) is 11.1. The summed E-state index contributed by atoms with van der Waals surface area (Å²) in [6.07, 6.45) is 0. The van der Waals surface area contributed by atoms with Gasteiger partial charge >= 0.3 is 0 Å². The average Bonchev–Trinajstić information content (AvgIpc) is 2.75. The van der Waals surface area contributed by atoms with Crippen LogP contribution in [0.2, 0.25) is 0 Å². The zero-order valence-electron chi connectivity index (χ0n) is 10.3. The van der Waals surface area contributed by atoms with Gasteiger partial charge in [0.2, 0.25) is 5.89 Å². The molecule has 0 bridgehead atoms. The Kier molecular flexibility index (Phi) is 3.95. The van der Waals surface area contributed by atoms with Crippen LogP contribution in [0.15, 0.2) is 26.8 Å². The van der Waals surface area contributed by atoms with Crippen molar-refractivity contribution in [2.45, 2.75) is 24.1 Å². The molecule has 0 radical (unpaired) electrons. The Labute approximate surface area is 112 Å². The molecule has 19 heavy (non-hydrogen) atoms. The lowest BCUT2D eigenvalue weighted by Gasteiger charge is -2.04. The number of aryl methyl sites for hydroxylation is 1. The predicted molar refractivity (Wildman–Crippen MR) is 68.2 cm³/mol. The quantitative estimate of drug-likeness (QED) is 0.656. The third-order valence-corrected chi connectivity index (χ3v) is 2.81. The third-order valence-electron chi connectivity index (χ3n) is 2.05. The number of pyridine rings is 1. The van der Waals surface area contributed by atoms with E-state index in [0.717, 1.165) is 11.8 Å². The lowest BCUT2D eigenvalue weighted by molar-refractivity contribution is -0.385. The summed E-state index contributed by atoms with van der Waals surface area (Å²) in [4.78, 5) is 14.6. The fraction of sp³-hybridized carbons (Fsp3) is 0.300. The Bertz CT molecular complexity index is 601. The van der Waals surface area contributed by atoms with E-state index in [1.165, 1.54) is 12.1 Å². The molecule has 0 aliphatic heterocycles.